The molecule has 1 atom stereocenters. The van der Waals surface area contributed by atoms with Gasteiger partial charge in [0.2, 0.25) is 0 Å². The highest BCUT2D eigenvalue weighted by atomic mass is 19.1. The zero-order valence-corrected chi connectivity index (χ0v) is 11.8. The average Bonchev–Trinajstić information content (AvgIpc) is 2.45. The summed E-state index contributed by atoms with van der Waals surface area (Å²) in [5, 5.41) is 0. The standard InChI is InChI=1S/C17H19FO2/c1-3-13(2)20-17-9-5-8-16(11-17)19-12-14-6-4-7-15(18)10-14/h4-11,13H,3,12H2,1-2H3. The Labute approximate surface area is 119 Å². The molecule has 0 N–H and O–H groups in total. The van der Waals surface area contributed by atoms with Crippen LogP contribution in [-0.2, 0) is 6.61 Å². The summed E-state index contributed by atoms with van der Waals surface area (Å²) in [6.07, 6.45) is 1.13. The van der Waals surface area contributed by atoms with Gasteiger partial charge in [0, 0.05) is 6.07 Å². The van der Waals surface area contributed by atoms with Crippen LogP contribution in [0.15, 0.2) is 48.5 Å². The van der Waals surface area contributed by atoms with Crippen LogP contribution in [0.25, 0.3) is 0 Å². The van der Waals surface area contributed by atoms with Gasteiger partial charge in [0.25, 0.3) is 0 Å². The van der Waals surface area contributed by atoms with Crippen molar-refractivity contribution in [1.82, 2.24) is 0 Å². The molecule has 106 valence electrons. The summed E-state index contributed by atoms with van der Waals surface area (Å²) in [4.78, 5) is 0. The summed E-state index contributed by atoms with van der Waals surface area (Å²) < 4.78 is 24.5. The highest BCUT2D eigenvalue weighted by Crippen LogP contribution is 2.22. The van der Waals surface area contributed by atoms with Gasteiger partial charge in [0.05, 0.1) is 6.10 Å². The molecule has 0 aliphatic heterocycles. The van der Waals surface area contributed by atoms with E-state index in [0.717, 1.165) is 23.5 Å². The third-order valence-electron chi connectivity index (χ3n) is 3.01. The van der Waals surface area contributed by atoms with Crippen LogP contribution < -0.4 is 9.47 Å². The van der Waals surface area contributed by atoms with Crippen molar-refractivity contribution >= 4 is 0 Å². The fraction of sp³-hybridized carbons (Fsp3) is 0.294. The Morgan fingerprint density at radius 1 is 1.05 bits per heavy atom. The van der Waals surface area contributed by atoms with E-state index in [1.165, 1.54) is 12.1 Å². The second kappa shape index (κ2) is 6.94. The fourth-order valence-corrected chi connectivity index (χ4v) is 1.75. The van der Waals surface area contributed by atoms with Crippen LogP contribution in [-0.4, -0.2) is 6.10 Å². The normalized spacial score (nSPS) is 11.9. The van der Waals surface area contributed by atoms with Gasteiger partial charge in [0.15, 0.2) is 0 Å². The molecular formula is C17H19FO2. The molecule has 0 fully saturated rings. The minimum absolute atomic E-state index is 0.175. The van der Waals surface area contributed by atoms with Crippen LogP contribution in [0.2, 0.25) is 0 Å². The smallest absolute Gasteiger partial charge is 0.123 e. The van der Waals surface area contributed by atoms with Crippen LogP contribution in [0.1, 0.15) is 25.8 Å². The molecule has 2 rings (SSSR count). The van der Waals surface area contributed by atoms with Gasteiger partial charge < -0.3 is 9.47 Å². The van der Waals surface area contributed by atoms with Gasteiger partial charge in [0.1, 0.15) is 23.9 Å². The molecule has 0 heterocycles. The van der Waals surface area contributed by atoms with Crippen molar-refractivity contribution in [2.75, 3.05) is 0 Å². The van der Waals surface area contributed by atoms with Crippen molar-refractivity contribution in [3.63, 3.8) is 0 Å². The predicted molar refractivity (Wildman–Crippen MR) is 77.6 cm³/mol. The molecule has 2 aromatic carbocycles. The fourth-order valence-electron chi connectivity index (χ4n) is 1.75. The molecule has 0 aliphatic rings. The number of halogens is 1. The molecule has 0 aliphatic carbocycles. The first-order valence-electron chi connectivity index (χ1n) is 6.81. The van der Waals surface area contributed by atoms with Crippen molar-refractivity contribution in [2.24, 2.45) is 0 Å². The van der Waals surface area contributed by atoms with Crippen molar-refractivity contribution in [2.45, 2.75) is 33.0 Å². The highest BCUT2D eigenvalue weighted by Gasteiger charge is 2.03. The van der Waals surface area contributed by atoms with Gasteiger partial charge >= 0.3 is 0 Å². The number of rotatable bonds is 6. The van der Waals surface area contributed by atoms with Gasteiger partial charge in [-0.1, -0.05) is 25.1 Å². The van der Waals surface area contributed by atoms with Crippen molar-refractivity contribution < 1.29 is 13.9 Å². The minimum Gasteiger partial charge on any atom is -0.491 e. The first kappa shape index (κ1) is 14.4. The zero-order valence-electron chi connectivity index (χ0n) is 11.8. The van der Waals surface area contributed by atoms with E-state index in [1.54, 1.807) is 6.07 Å². The quantitative estimate of drug-likeness (QED) is 0.767. The third-order valence-corrected chi connectivity index (χ3v) is 3.01. The van der Waals surface area contributed by atoms with Crippen LogP contribution >= 0.6 is 0 Å². The summed E-state index contributed by atoms with van der Waals surface area (Å²) in [6, 6.07) is 13.9. The van der Waals surface area contributed by atoms with Crippen molar-refractivity contribution in [1.29, 1.82) is 0 Å². The topological polar surface area (TPSA) is 18.5 Å². The summed E-state index contributed by atoms with van der Waals surface area (Å²) in [5.74, 6) is 1.26. The lowest BCUT2D eigenvalue weighted by Gasteiger charge is -2.13. The van der Waals surface area contributed by atoms with Crippen molar-refractivity contribution in [3.8, 4) is 11.5 Å². The maximum atomic E-state index is 13.1. The van der Waals surface area contributed by atoms with Gasteiger partial charge in [-0.05, 0) is 43.2 Å². The summed E-state index contributed by atoms with van der Waals surface area (Å²) in [5.41, 5.74) is 0.804. The van der Waals surface area contributed by atoms with Gasteiger partial charge in [-0.3, -0.25) is 0 Å². The highest BCUT2D eigenvalue weighted by molar-refractivity contribution is 5.33. The zero-order chi connectivity index (χ0) is 14.4. The number of hydrogen-bond acceptors (Lipinski definition) is 2. The molecule has 2 aromatic rings. The summed E-state index contributed by atoms with van der Waals surface area (Å²) in [7, 11) is 0. The Bertz CT molecular complexity index is 554. The molecule has 0 aromatic heterocycles. The monoisotopic (exact) mass is 274 g/mol. The third kappa shape index (κ3) is 4.26. The van der Waals surface area contributed by atoms with Crippen molar-refractivity contribution in [3.05, 3.63) is 59.9 Å². The van der Waals surface area contributed by atoms with E-state index in [4.69, 9.17) is 9.47 Å². The van der Waals surface area contributed by atoms with Gasteiger partial charge in [-0.25, -0.2) is 4.39 Å². The van der Waals surface area contributed by atoms with E-state index >= 15 is 0 Å². The van der Waals surface area contributed by atoms with E-state index in [0.29, 0.717) is 6.61 Å². The van der Waals surface area contributed by atoms with E-state index in [9.17, 15) is 4.39 Å². The number of hydrogen-bond donors (Lipinski definition) is 0. The lowest BCUT2D eigenvalue weighted by molar-refractivity contribution is 0.215. The molecule has 3 heteroatoms. The van der Waals surface area contributed by atoms with Crippen LogP contribution in [0.3, 0.4) is 0 Å². The van der Waals surface area contributed by atoms with Crippen LogP contribution in [0, 0.1) is 5.82 Å². The molecule has 0 saturated heterocycles. The van der Waals surface area contributed by atoms with Gasteiger partial charge in [-0.15, -0.1) is 0 Å². The van der Waals surface area contributed by atoms with Gasteiger partial charge in [-0.2, -0.15) is 0 Å². The van der Waals surface area contributed by atoms with Crippen LogP contribution in [0.4, 0.5) is 4.39 Å². The van der Waals surface area contributed by atoms with E-state index in [-0.39, 0.29) is 11.9 Å². The minimum atomic E-state index is -0.250. The van der Waals surface area contributed by atoms with E-state index < -0.39 is 0 Å². The molecule has 0 bridgehead atoms. The Balaban J connectivity index is 1.97. The molecule has 0 saturated carbocycles. The molecule has 2 nitrogen and oxygen atoms in total. The molecule has 0 radical (unpaired) electrons. The Kier molecular flexibility index (Phi) is 4.99. The number of benzene rings is 2. The predicted octanol–water partition coefficient (Wildman–Crippen LogP) is 4.58. The van der Waals surface area contributed by atoms with Crippen LogP contribution in [0.5, 0.6) is 11.5 Å². The molecule has 1 unspecified atom stereocenters. The maximum absolute atomic E-state index is 13.1. The van der Waals surface area contributed by atoms with E-state index in [1.807, 2.05) is 37.3 Å². The lowest BCUT2D eigenvalue weighted by Crippen LogP contribution is -2.09. The average molecular weight is 274 g/mol. The first-order chi connectivity index (χ1) is 9.67. The molecular weight excluding hydrogens is 255 g/mol. The largest absolute Gasteiger partial charge is 0.491 e. The molecule has 0 spiro atoms. The van der Waals surface area contributed by atoms with E-state index in [2.05, 4.69) is 6.92 Å². The molecule has 20 heavy (non-hydrogen) atoms. The second-order valence-corrected chi connectivity index (χ2v) is 4.73. The first-order valence-corrected chi connectivity index (χ1v) is 6.81. The number of ether oxygens (including phenoxy) is 2. The Morgan fingerprint density at radius 3 is 2.55 bits per heavy atom. The molecule has 0 amide bonds. The Hall–Kier alpha value is -2.03. The second-order valence-electron chi connectivity index (χ2n) is 4.73. The lowest BCUT2D eigenvalue weighted by atomic mass is 10.2. The Morgan fingerprint density at radius 2 is 1.80 bits per heavy atom. The SMILES string of the molecule is CCC(C)Oc1cccc(OCc2cccc(F)c2)c1. The maximum Gasteiger partial charge on any atom is 0.123 e. The summed E-state index contributed by atoms with van der Waals surface area (Å²) >= 11 is 0. The summed E-state index contributed by atoms with van der Waals surface area (Å²) in [6.45, 7) is 4.44.